The fourth-order valence-electron chi connectivity index (χ4n) is 2.43. The van der Waals surface area contributed by atoms with E-state index in [0.29, 0.717) is 24.9 Å². The zero-order valence-corrected chi connectivity index (χ0v) is 11.1. The first-order valence-corrected chi connectivity index (χ1v) is 6.66. The Hall–Kier alpha value is -0.610. The van der Waals surface area contributed by atoms with Gasteiger partial charge in [0.05, 0.1) is 11.6 Å². The molecule has 0 aromatic carbocycles. The van der Waals surface area contributed by atoms with Crippen molar-refractivity contribution in [1.29, 1.82) is 0 Å². The highest BCUT2D eigenvalue weighted by Crippen LogP contribution is 2.44. The predicted molar refractivity (Wildman–Crippen MR) is 66.6 cm³/mol. The molecule has 2 N–H and O–H groups in total. The van der Waals surface area contributed by atoms with Crippen molar-refractivity contribution in [3.63, 3.8) is 0 Å². The molecule has 1 saturated carbocycles. The molecule has 17 heavy (non-hydrogen) atoms. The molecule has 1 saturated heterocycles. The lowest BCUT2D eigenvalue weighted by atomic mass is 9.87. The third kappa shape index (κ3) is 2.80. The van der Waals surface area contributed by atoms with Crippen LogP contribution in [0.25, 0.3) is 0 Å². The Labute approximate surface area is 103 Å². The largest absolute Gasteiger partial charge is 0.387 e. The van der Waals surface area contributed by atoms with E-state index in [1.54, 1.807) is 0 Å². The molecule has 0 radical (unpaired) electrons. The Morgan fingerprint density at radius 3 is 2.47 bits per heavy atom. The second kappa shape index (κ2) is 4.58. The molecule has 1 aliphatic carbocycles. The first-order chi connectivity index (χ1) is 7.92. The Kier molecular flexibility index (Phi) is 3.46. The maximum Gasteiger partial charge on any atom is 0.237 e. The number of β-amino-alcohol motifs (C(OH)–C–C–N with tert-alkyl or cyclic N) is 1. The Morgan fingerprint density at radius 1 is 1.41 bits per heavy atom. The number of aliphatic hydroxyl groups is 1. The standard InChI is InChI=1S/C13H24N2O2/c1-9(2)6-14-12(16)10(3)15-7-13(17,8-15)11-4-5-11/h9-11,17H,4-8H2,1-3H3,(H,14,16). The number of rotatable bonds is 5. The minimum absolute atomic E-state index is 0.0801. The Bertz CT molecular complexity index is 294. The summed E-state index contributed by atoms with van der Waals surface area (Å²) in [5.41, 5.74) is -0.493. The number of hydrogen-bond acceptors (Lipinski definition) is 3. The van der Waals surface area contributed by atoms with Crippen LogP contribution in [-0.4, -0.2) is 47.2 Å². The van der Waals surface area contributed by atoms with Crippen LogP contribution in [0.4, 0.5) is 0 Å². The van der Waals surface area contributed by atoms with Gasteiger partial charge in [0, 0.05) is 19.6 Å². The summed E-state index contributed by atoms with van der Waals surface area (Å²) < 4.78 is 0. The fraction of sp³-hybridized carbons (Fsp3) is 0.923. The number of carbonyl (C=O) groups is 1. The summed E-state index contributed by atoms with van der Waals surface area (Å²) in [6, 6.07) is -0.118. The first-order valence-electron chi connectivity index (χ1n) is 6.66. The summed E-state index contributed by atoms with van der Waals surface area (Å²) in [5, 5.41) is 13.1. The van der Waals surface area contributed by atoms with Crippen LogP contribution in [0.1, 0.15) is 33.6 Å². The maximum absolute atomic E-state index is 11.8. The molecule has 98 valence electrons. The van der Waals surface area contributed by atoms with Crippen molar-refractivity contribution in [1.82, 2.24) is 10.2 Å². The van der Waals surface area contributed by atoms with Crippen molar-refractivity contribution in [3.8, 4) is 0 Å². The molecule has 1 unspecified atom stereocenters. The van der Waals surface area contributed by atoms with Gasteiger partial charge in [0.1, 0.15) is 0 Å². The van der Waals surface area contributed by atoms with E-state index in [0.717, 1.165) is 19.4 Å². The number of carbonyl (C=O) groups excluding carboxylic acids is 1. The van der Waals surface area contributed by atoms with E-state index in [9.17, 15) is 9.90 Å². The average Bonchev–Trinajstić information content (AvgIpc) is 3.04. The summed E-state index contributed by atoms with van der Waals surface area (Å²) in [4.78, 5) is 13.9. The highest BCUT2D eigenvalue weighted by atomic mass is 16.3. The molecular weight excluding hydrogens is 216 g/mol. The van der Waals surface area contributed by atoms with Gasteiger partial charge in [0.15, 0.2) is 0 Å². The monoisotopic (exact) mass is 240 g/mol. The number of likely N-dealkylation sites (tertiary alicyclic amines) is 1. The zero-order valence-electron chi connectivity index (χ0n) is 11.1. The van der Waals surface area contributed by atoms with Crippen molar-refractivity contribution < 1.29 is 9.90 Å². The van der Waals surface area contributed by atoms with Crippen molar-refractivity contribution >= 4 is 5.91 Å². The fourth-order valence-corrected chi connectivity index (χ4v) is 2.43. The van der Waals surface area contributed by atoms with E-state index < -0.39 is 5.60 Å². The number of nitrogens with one attached hydrogen (secondary N) is 1. The molecule has 1 amide bonds. The van der Waals surface area contributed by atoms with E-state index in [1.807, 2.05) is 6.92 Å². The van der Waals surface area contributed by atoms with Crippen molar-refractivity contribution in [2.45, 2.75) is 45.3 Å². The van der Waals surface area contributed by atoms with Gasteiger partial charge in [-0.2, -0.15) is 0 Å². The van der Waals surface area contributed by atoms with E-state index in [2.05, 4.69) is 24.1 Å². The third-order valence-corrected chi connectivity index (χ3v) is 3.90. The van der Waals surface area contributed by atoms with Crippen LogP contribution in [0.5, 0.6) is 0 Å². The first kappa shape index (κ1) is 12.8. The predicted octanol–water partition coefficient (Wildman–Crippen LogP) is 0.604. The van der Waals surface area contributed by atoms with Gasteiger partial charge in [-0.15, -0.1) is 0 Å². The minimum atomic E-state index is -0.493. The quantitative estimate of drug-likeness (QED) is 0.740. The van der Waals surface area contributed by atoms with Crippen LogP contribution in [0.3, 0.4) is 0 Å². The molecule has 0 aromatic heterocycles. The van der Waals surface area contributed by atoms with Crippen LogP contribution in [0, 0.1) is 11.8 Å². The summed E-state index contributed by atoms with van der Waals surface area (Å²) >= 11 is 0. The summed E-state index contributed by atoms with van der Waals surface area (Å²) in [6.45, 7) is 8.13. The molecule has 2 aliphatic rings. The molecule has 2 fully saturated rings. The van der Waals surface area contributed by atoms with Gasteiger partial charge in [-0.3, -0.25) is 9.69 Å². The lowest BCUT2D eigenvalue weighted by Gasteiger charge is -2.49. The molecule has 2 rings (SSSR count). The van der Waals surface area contributed by atoms with Crippen molar-refractivity contribution in [2.24, 2.45) is 11.8 Å². The van der Waals surface area contributed by atoms with Crippen LogP contribution in [-0.2, 0) is 4.79 Å². The van der Waals surface area contributed by atoms with Crippen LogP contribution >= 0.6 is 0 Å². The molecule has 0 spiro atoms. The molecular formula is C13H24N2O2. The van der Waals surface area contributed by atoms with Gasteiger partial charge in [0.25, 0.3) is 0 Å². The molecule has 1 heterocycles. The smallest absolute Gasteiger partial charge is 0.237 e. The maximum atomic E-state index is 11.8. The molecule has 4 nitrogen and oxygen atoms in total. The van der Waals surface area contributed by atoms with Gasteiger partial charge in [-0.05, 0) is 31.6 Å². The number of nitrogens with zero attached hydrogens (tertiary/aromatic N) is 1. The molecule has 1 atom stereocenters. The second-order valence-corrected chi connectivity index (χ2v) is 6.10. The summed E-state index contributed by atoms with van der Waals surface area (Å²) in [6.07, 6.45) is 2.30. The topological polar surface area (TPSA) is 52.6 Å². The lowest BCUT2D eigenvalue weighted by Crippen LogP contribution is -2.67. The van der Waals surface area contributed by atoms with Crippen molar-refractivity contribution in [3.05, 3.63) is 0 Å². The van der Waals surface area contributed by atoms with Gasteiger partial charge in [0.2, 0.25) is 5.91 Å². The van der Waals surface area contributed by atoms with E-state index >= 15 is 0 Å². The molecule has 0 aromatic rings. The normalized spacial score (nSPS) is 25.5. The number of amides is 1. The van der Waals surface area contributed by atoms with E-state index in [4.69, 9.17) is 0 Å². The van der Waals surface area contributed by atoms with Gasteiger partial charge >= 0.3 is 0 Å². The molecule has 1 aliphatic heterocycles. The second-order valence-electron chi connectivity index (χ2n) is 6.10. The van der Waals surface area contributed by atoms with Gasteiger partial charge in [-0.25, -0.2) is 0 Å². The van der Waals surface area contributed by atoms with Crippen LogP contribution in [0.2, 0.25) is 0 Å². The van der Waals surface area contributed by atoms with Gasteiger partial charge in [-0.1, -0.05) is 13.8 Å². The zero-order chi connectivity index (χ0) is 12.6. The SMILES string of the molecule is CC(C)CNC(=O)C(C)N1CC(O)(C2CC2)C1. The van der Waals surface area contributed by atoms with Crippen LogP contribution < -0.4 is 5.32 Å². The highest BCUT2D eigenvalue weighted by molar-refractivity contribution is 5.81. The number of hydrogen-bond donors (Lipinski definition) is 2. The average molecular weight is 240 g/mol. The lowest BCUT2D eigenvalue weighted by molar-refractivity contribution is -0.147. The van der Waals surface area contributed by atoms with Crippen molar-refractivity contribution in [2.75, 3.05) is 19.6 Å². The highest BCUT2D eigenvalue weighted by Gasteiger charge is 2.53. The summed E-state index contributed by atoms with van der Waals surface area (Å²) in [5.74, 6) is 1.05. The Balaban J connectivity index is 1.74. The molecule has 4 heteroatoms. The van der Waals surface area contributed by atoms with Crippen LogP contribution in [0.15, 0.2) is 0 Å². The van der Waals surface area contributed by atoms with E-state index in [1.165, 1.54) is 0 Å². The van der Waals surface area contributed by atoms with E-state index in [-0.39, 0.29) is 11.9 Å². The minimum Gasteiger partial charge on any atom is -0.387 e. The molecule has 0 bridgehead atoms. The van der Waals surface area contributed by atoms with Gasteiger partial charge < -0.3 is 10.4 Å². The third-order valence-electron chi connectivity index (χ3n) is 3.90. The Morgan fingerprint density at radius 2 is 2.00 bits per heavy atom. The summed E-state index contributed by atoms with van der Waals surface area (Å²) in [7, 11) is 0.